The molecule has 0 fully saturated rings. The highest BCUT2D eigenvalue weighted by Gasteiger charge is 2.35. The molecule has 2 aromatic rings. The van der Waals surface area contributed by atoms with Crippen LogP contribution in [0.25, 0.3) is 0 Å². The van der Waals surface area contributed by atoms with E-state index in [4.69, 9.17) is 9.47 Å². The van der Waals surface area contributed by atoms with Gasteiger partial charge in [-0.25, -0.2) is 9.69 Å². The molecule has 0 spiro atoms. The molecule has 0 unspecified atom stereocenters. The molecule has 0 N–H and O–H groups in total. The summed E-state index contributed by atoms with van der Waals surface area (Å²) < 4.78 is 11.1. The van der Waals surface area contributed by atoms with E-state index in [0.717, 1.165) is 9.37 Å². The fourth-order valence-corrected chi connectivity index (χ4v) is 2.61. The van der Waals surface area contributed by atoms with Crippen LogP contribution in [0.1, 0.15) is 20.7 Å². The van der Waals surface area contributed by atoms with Gasteiger partial charge in [0, 0.05) is 4.47 Å². The van der Waals surface area contributed by atoms with Crippen molar-refractivity contribution in [3.63, 3.8) is 0 Å². The van der Waals surface area contributed by atoms with Crippen molar-refractivity contribution < 1.29 is 23.9 Å². The Bertz CT molecular complexity index is 785. The van der Waals surface area contributed by atoms with Gasteiger partial charge in [0.1, 0.15) is 5.75 Å². The van der Waals surface area contributed by atoms with Gasteiger partial charge in [-0.15, -0.1) is 0 Å². The van der Waals surface area contributed by atoms with E-state index in [9.17, 15) is 14.4 Å². The number of ether oxygens (including phenoxy) is 2. The topological polar surface area (TPSA) is 72.9 Å². The van der Waals surface area contributed by atoms with Crippen LogP contribution in [0.5, 0.6) is 5.75 Å². The molecule has 0 aliphatic carbocycles. The summed E-state index contributed by atoms with van der Waals surface area (Å²) in [6.45, 7) is -0.757. The molecule has 7 heteroatoms. The number of benzene rings is 2. The number of carbonyl (C=O) groups is 3. The third-order valence-electron chi connectivity index (χ3n) is 3.39. The number of halogens is 1. The molecule has 1 aliphatic rings. The third-order valence-corrected chi connectivity index (χ3v) is 3.88. The van der Waals surface area contributed by atoms with Crippen LogP contribution < -0.4 is 4.74 Å². The van der Waals surface area contributed by atoms with E-state index >= 15 is 0 Å². The predicted octanol–water partition coefficient (Wildman–Crippen LogP) is 2.62. The van der Waals surface area contributed by atoms with Crippen molar-refractivity contribution in [1.29, 1.82) is 0 Å². The first-order chi connectivity index (χ1) is 11.6. The molecular formula is C17H12BrNO5. The maximum absolute atomic E-state index is 12.1. The Balaban J connectivity index is 1.54. The monoisotopic (exact) mass is 389 g/mol. The molecule has 6 nitrogen and oxygen atoms in total. The standard InChI is InChI=1S/C17H12BrNO5/c18-11-4-3-5-12(8-11)23-9-15(20)24-10-19-16(21)13-6-1-2-7-14(13)17(19)22/h1-8H,9-10H2. The summed E-state index contributed by atoms with van der Waals surface area (Å²) in [6.07, 6.45) is 0. The first-order valence-corrected chi connectivity index (χ1v) is 7.85. The number of esters is 1. The second-order valence-corrected chi connectivity index (χ2v) is 5.89. The van der Waals surface area contributed by atoms with Gasteiger partial charge in [0.05, 0.1) is 11.1 Å². The van der Waals surface area contributed by atoms with Gasteiger partial charge < -0.3 is 9.47 Å². The number of imide groups is 1. The maximum Gasteiger partial charge on any atom is 0.345 e. The number of hydrogen-bond acceptors (Lipinski definition) is 5. The minimum atomic E-state index is -0.675. The molecule has 0 radical (unpaired) electrons. The third kappa shape index (κ3) is 3.30. The molecule has 0 saturated heterocycles. The van der Waals surface area contributed by atoms with Gasteiger partial charge in [0.2, 0.25) is 0 Å². The summed E-state index contributed by atoms with van der Waals surface area (Å²) in [5.74, 6) is -1.12. The summed E-state index contributed by atoms with van der Waals surface area (Å²) >= 11 is 3.29. The smallest absolute Gasteiger partial charge is 0.345 e. The van der Waals surface area contributed by atoms with Crippen LogP contribution in [0.15, 0.2) is 53.0 Å². The Hall–Kier alpha value is -2.67. The molecule has 1 heterocycles. The summed E-state index contributed by atoms with van der Waals surface area (Å²) in [4.78, 5) is 36.9. The van der Waals surface area contributed by atoms with Crippen LogP contribution >= 0.6 is 15.9 Å². The second kappa shape index (κ2) is 6.84. The molecule has 2 aromatic carbocycles. The van der Waals surface area contributed by atoms with E-state index in [-0.39, 0.29) is 6.61 Å². The number of rotatable bonds is 5. The quantitative estimate of drug-likeness (QED) is 0.580. The first kappa shape index (κ1) is 16.2. The molecule has 122 valence electrons. The number of hydrogen-bond donors (Lipinski definition) is 0. The summed E-state index contributed by atoms with van der Waals surface area (Å²) in [5.41, 5.74) is 0.618. The normalized spacial score (nSPS) is 13.0. The van der Waals surface area contributed by atoms with Crippen molar-refractivity contribution in [3.05, 3.63) is 64.1 Å². The average molecular weight is 390 g/mol. The number of amides is 2. The lowest BCUT2D eigenvalue weighted by molar-refractivity contribution is -0.148. The molecule has 0 aromatic heterocycles. The van der Waals surface area contributed by atoms with Crippen molar-refractivity contribution in [1.82, 2.24) is 4.90 Å². The highest BCUT2D eigenvalue weighted by atomic mass is 79.9. The minimum Gasteiger partial charge on any atom is -0.482 e. The molecule has 1 aliphatic heterocycles. The highest BCUT2D eigenvalue weighted by Crippen LogP contribution is 2.22. The Morgan fingerprint density at radius 2 is 1.67 bits per heavy atom. The molecule has 24 heavy (non-hydrogen) atoms. The number of nitrogens with zero attached hydrogens (tertiary/aromatic N) is 1. The Morgan fingerprint density at radius 3 is 2.29 bits per heavy atom. The van der Waals surface area contributed by atoms with Gasteiger partial charge in [-0.2, -0.15) is 0 Å². The molecule has 2 amide bonds. The van der Waals surface area contributed by atoms with Crippen molar-refractivity contribution in [2.45, 2.75) is 0 Å². The van der Waals surface area contributed by atoms with Crippen LogP contribution in [-0.4, -0.2) is 36.0 Å². The van der Waals surface area contributed by atoms with E-state index in [2.05, 4.69) is 15.9 Å². The van der Waals surface area contributed by atoms with Crippen molar-refractivity contribution >= 4 is 33.7 Å². The van der Waals surface area contributed by atoms with Gasteiger partial charge in [0.15, 0.2) is 13.3 Å². The van der Waals surface area contributed by atoms with Crippen LogP contribution in [0.4, 0.5) is 0 Å². The fraction of sp³-hybridized carbons (Fsp3) is 0.118. The fourth-order valence-electron chi connectivity index (χ4n) is 2.23. The van der Waals surface area contributed by atoms with Crippen molar-refractivity contribution in [2.75, 3.05) is 13.3 Å². The van der Waals surface area contributed by atoms with E-state index in [1.54, 1.807) is 42.5 Å². The van der Waals surface area contributed by atoms with Crippen LogP contribution in [0.3, 0.4) is 0 Å². The Morgan fingerprint density at radius 1 is 1.00 bits per heavy atom. The van der Waals surface area contributed by atoms with Crippen molar-refractivity contribution in [2.24, 2.45) is 0 Å². The van der Waals surface area contributed by atoms with Gasteiger partial charge in [-0.3, -0.25) is 9.59 Å². The highest BCUT2D eigenvalue weighted by molar-refractivity contribution is 9.10. The zero-order valence-electron chi connectivity index (χ0n) is 12.4. The lowest BCUT2D eigenvalue weighted by Crippen LogP contribution is -2.34. The average Bonchev–Trinajstić information content (AvgIpc) is 2.83. The predicted molar refractivity (Wildman–Crippen MR) is 87.5 cm³/mol. The lowest BCUT2D eigenvalue weighted by atomic mass is 10.1. The molecule has 0 bridgehead atoms. The summed E-state index contributed by atoms with van der Waals surface area (Å²) in [7, 11) is 0. The van der Waals surface area contributed by atoms with Gasteiger partial charge in [-0.1, -0.05) is 34.1 Å². The van der Waals surface area contributed by atoms with Crippen LogP contribution in [0, 0.1) is 0 Å². The Kier molecular flexibility index (Phi) is 4.61. The molecule has 3 rings (SSSR count). The Labute approximate surface area is 146 Å². The zero-order chi connectivity index (χ0) is 17.1. The SMILES string of the molecule is O=C(COc1cccc(Br)c1)OCN1C(=O)c2ccccc2C1=O. The number of carbonyl (C=O) groups excluding carboxylic acids is 3. The van der Waals surface area contributed by atoms with Crippen LogP contribution in [0.2, 0.25) is 0 Å². The summed E-state index contributed by atoms with van der Waals surface area (Å²) in [5, 5.41) is 0. The molecule has 0 atom stereocenters. The summed E-state index contributed by atoms with van der Waals surface area (Å²) in [6, 6.07) is 13.5. The molecule has 0 saturated carbocycles. The second-order valence-electron chi connectivity index (χ2n) is 4.98. The van der Waals surface area contributed by atoms with E-state index in [1.807, 2.05) is 6.07 Å². The van der Waals surface area contributed by atoms with E-state index < -0.39 is 24.5 Å². The van der Waals surface area contributed by atoms with Gasteiger partial charge in [0.25, 0.3) is 11.8 Å². The van der Waals surface area contributed by atoms with Crippen LogP contribution in [-0.2, 0) is 9.53 Å². The molecular weight excluding hydrogens is 378 g/mol. The lowest BCUT2D eigenvalue weighted by Gasteiger charge is -2.14. The van der Waals surface area contributed by atoms with Crippen molar-refractivity contribution in [3.8, 4) is 5.75 Å². The maximum atomic E-state index is 12.1. The van der Waals surface area contributed by atoms with E-state index in [1.165, 1.54) is 0 Å². The van der Waals surface area contributed by atoms with E-state index in [0.29, 0.717) is 16.9 Å². The van der Waals surface area contributed by atoms with Gasteiger partial charge >= 0.3 is 5.97 Å². The van der Waals surface area contributed by atoms with Gasteiger partial charge in [-0.05, 0) is 30.3 Å². The zero-order valence-corrected chi connectivity index (χ0v) is 14.0. The first-order valence-electron chi connectivity index (χ1n) is 7.05. The number of fused-ring (bicyclic) bond motifs is 1. The minimum absolute atomic E-state index is 0.309. The largest absolute Gasteiger partial charge is 0.482 e.